The van der Waals surface area contributed by atoms with Crippen LogP contribution in [-0.4, -0.2) is 17.8 Å². The molecule has 0 aromatic heterocycles. The van der Waals surface area contributed by atoms with E-state index in [1.807, 2.05) is 52.0 Å². The second kappa shape index (κ2) is 5.21. The summed E-state index contributed by atoms with van der Waals surface area (Å²) in [5, 5.41) is 2.90. The minimum Gasteiger partial charge on any atom is -0.444 e. The van der Waals surface area contributed by atoms with E-state index in [0.717, 1.165) is 11.1 Å². The Morgan fingerprint density at radius 3 is 2.74 bits per heavy atom. The van der Waals surface area contributed by atoms with Gasteiger partial charge in [-0.2, -0.15) is 0 Å². The Kier molecular flexibility index (Phi) is 3.80. The third kappa shape index (κ3) is 3.47. The molecule has 1 unspecified atom stereocenters. The summed E-state index contributed by atoms with van der Waals surface area (Å²) in [6, 6.07) is 7.82. The minimum absolute atomic E-state index is 0.0672. The van der Waals surface area contributed by atoms with Crippen LogP contribution in [0.15, 0.2) is 24.3 Å². The molecule has 1 amide bonds. The van der Waals surface area contributed by atoms with Crippen LogP contribution in [-0.2, 0) is 16.1 Å². The number of amides is 1. The molecule has 1 aromatic carbocycles. The first kappa shape index (κ1) is 13.9. The van der Waals surface area contributed by atoms with Crippen LogP contribution in [0.1, 0.15) is 44.9 Å². The van der Waals surface area contributed by atoms with Crippen molar-refractivity contribution in [3.8, 4) is 0 Å². The smallest absolute Gasteiger partial charge is 0.408 e. The second-order valence-corrected chi connectivity index (χ2v) is 5.84. The zero-order valence-electron chi connectivity index (χ0n) is 11.9. The van der Waals surface area contributed by atoms with Gasteiger partial charge in [0.15, 0.2) is 0 Å². The van der Waals surface area contributed by atoms with Crippen LogP contribution in [0.5, 0.6) is 0 Å². The van der Waals surface area contributed by atoms with E-state index >= 15 is 0 Å². The zero-order chi connectivity index (χ0) is 14.0. The van der Waals surface area contributed by atoms with Gasteiger partial charge in [0, 0.05) is 0 Å². The number of benzene rings is 1. The number of carbonyl (C=O) groups excluding carboxylic acids is 1. The standard InChI is InChI=1S/C15H21NO3/c1-10-13(16-14(17)19-15(2,3)4)12-8-6-5-7-11(12)9-18-10/h5-8,10,13H,9H2,1-4H3,(H,16,17)/t10-,13?/m0/s1. The number of alkyl carbamates (subject to hydrolysis) is 1. The molecule has 0 fully saturated rings. The van der Waals surface area contributed by atoms with Crippen molar-refractivity contribution in [3.63, 3.8) is 0 Å². The van der Waals surface area contributed by atoms with E-state index in [4.69, 9.17) is 9.47 Å². The number of carbonyl (C=O) groups is 1. The van der Waals surface area contributed by atoms with Crippen molar-refractivity contribution in [1.29, 1.82) is 0 Å². The maximum atomic E-state index is 11.9. The molecule has 0 saturated heterocycles. The van der Waals surface area contributed by atoms with Crippen LogP contribution < -0.4 is 5.32 Å². The molecule has 0 radical (unpaired) electrons. The molecule has 0 spiro atoms. The van der Waals surface area contributed by atoms with Gasteiger partial charge in [-0.05, 0) is 38.8 Å². The molecule has 1 heterocycles. The fourth-order valence-corrected chi connectivity index (χ4v) is 2.17. The summed E-state index contributed by atoms with van der Waals surface area (Å²) in [7, 11) is 0. The zero-order valence-corrected chi connectivity index (χ0v) is 11.9. The summed E-state index contributed by atoms with van der Waals surface area (Å²) >= 11 is 0. The van der Waals surface area contributed by atoms with Gasteiger partial charge in [0.05, 0.1) is 18.8 Å². The van der Waals surface area contributed by atoms with Crippen LogP contribution in [0.25, 0.3) is 0 Å². The molecule has 2 rings (SSSR count). The Bertz CT molecular complexity index is 465. The van der Waals surface area contributed by atoms with E-state index in [0.29, 0.717) is 6.61 Å². The van der Waals surface area contributed by atoms with Crippen LogP contribution in [0, 0.1) is 0 Å². The summed E-state index contributed by atoms with van der Waals surface area (Å²) in [4.78, 5) is 11.9. The van der Waals surface area contributed by atoms with E-state index in [1.54, 1.807) is 0 Å². The van der Waals surface area contributed by atoms with Gasteiger partial charge in [-0.1, -0.05) is 24.3 Å². The average Bonchev–Trinajstić information content (AvgIpc) is 2.31. The van der Waals surface area contributed by atoms with Crippen LogP contribution in [0.3, 0.4) is 0 Å². The van der Waals surface area contributed by atoms with Crippen LogP contribution in [0.4, 0.5) is 4.79 Å². The predicted molar refractivity (Wildman–Crippen MR) is 72.8 cm³/mol. The van der Waals surface area contributed by atoms with E-state index in [1.165, 1.54) is 0 Å². The molecule has 0 bridgehead atoms. The fraction of sp³-hybridized carbons (Fsp3) is 0.533. The SMILES string of the molecule is C[C@@H]1OCc2ccccc2C1NC(=O)OC(C)(C)C. The minimum atomic E-state index is -0.498. The summed E-state index contributed by atoms with van der Waals surface area (Å²) in [6.45, 7) is 8.09. The highest BCUT2D eigenvalue weighted by Crippen LogP contribution is 2.29. The van der Waals surface area contributed by atoms with Crippen LogP contribution in [0.2, 0.25) is 0 Å². The monoisotopic (exact) mass is 263 g/mol. The third-order valence-electron chi connectivity index (χ3n) is 3.03. The van der Waals surface area contributed by atoms with E-state index in [2.05, 4.69) is 5.32 Å². The summed E-state index contributed by atoms with van der Waals surface area (Å²) in [6.07, 6.45) is -0.480. The van der Waals surface area contributed by atoms with Gasteiger partial charge in [-0.25, -0.2) is 4.79 Å². The van der Waals surface area contributed by atoms with Gasteiger partial charge in [-0.3, -0.25) is 0 Å². The molecule has 19 heavy (non-hydrogen) atoms. The molecular weight excluding hydrogens is 242 g/mol. The van der Waals surface area contributed by atoms with Crippen LogP contribution >= 0.6 is 0 Å². The number of fused-ring (bicyclic) bond motifs is 1. The number of hydrogen-bond donors (Lipinski definition) is 1. The highest BCUT2D eigenvalue weighted by molar-refractivity contribution is 5.68. The molecule has 2 atom stereocenters. The normalized spacial score (nSPS) is 22.5. The fourth-order valence-electron chi connectivity index (χ4n) is 2.17. The lowest BCUT2D eigenvalue weighted by Gasteiger charge is -2.32. The third-order valence-corrected chi connectivity index (χ3v) is 3.03. The Labute approximate surface area is 114 Å². The number of nitrogens with one attached hydrogen (secondary N) is 1. The first-order chi connectivity index (χ1) is 8.87. The Hall–Kier alpha value is -1.55. The molecule has 0 saturated carbocycles. The number of rotatable bonds is 1. The molecule has 104 valence electrons. The Morgan fingerprint density at radius 2 is 2.05 bits per heavy atom. The van der Waals surface area contributed by atoms with Crippen molar-refractivity contribution in [1.82, 2.24) is 5.32 Å². The van der Waals surface area contributed by atoms with Crippen molar-refractivity contribution in [3.05, 3.63) is 35.4 Å². The van der Waals surface area contributed by atoms with Gasteiger partial charge in [0.1, 0.15) is 5.60 Å². The molecule has 1 aromatic rings. The summed E-state index contributed by atoms with van der Waals surface area (Å²) in [5.74, 6) is 0. The van der Waals surface area contributed by atoms with Gasteiger partial charge < -0.3 is 14.8 Å². The lowest BCUT2D eigenvalue weighted by atomic mass is 9.95. The van der Waals surface area contributed by atoms with Crippen molar-refractivity contribution >= 4 is 6.09 Å². The summed E-state index contributed by atoms with van der Waals surface area (Å²) < 4.78 is 11.0. The topological polar surface area (TPSA) is 47.6 Å². The molecule has 0 aliphatic carbocycles. The van der Waals surface area contributed by atoms with Crippen molar-refractivity contribution in [2.75, 3.05) is 0 Å². The van der Waals surface area contributed by atoms with E-state index in [9.17, 15) is 4.79 Å². The van der Waals surface area contributed by atoms with Gasteiger partial charge in [0.25, 0.3) is 0 Å². The molecule has 1 N–H and O–H groups in total. The maximum absolute atomic E-state index is 11.9. The molecular formula is C15H21NO3. The Morgan fingerprint density at radius 1 is 1.37 bits per heavy atom. The quantitative estimate of drug-likeness (QED) is 0.846. The lowest BCUT2D eigenvalue weighted by Crippen LogP contribution is -2.41. The Balaban J connectivity index is 2.13. The average molecular weight is 263 g/mol. The second-order valence-electron chi connectivity index (χ2n) is 5.84. The van der Waals surface area contributed by atoms with Crippen molar-refractivity contribution < 1.29 is 14.3 Å². The first-order valence-corrected chi connectivity index (χ1v) is 6.56. The molecule has 4 nitrogen and oxygen atoms in total. The van der Waals surface area contributed by atoms with E-state index < -0.39 is 11.7 Å². The van der Waals surface area contributed by atoms with Crippen molar-refractivity contribution in [2.24, 2.45) is 0 Å². The predicted octanol–water partition coefficient (Wildman–Crippen LogP) is 3.17. The maximum Gasteiger partial charge on any atom is 0.408 e. The molecule has 4 heteroatoms. The molecule has 1 aliphatic rings. The van der Waals surface area contributed by atoms with Gasteiger partial charge >= 0.3 is 6.09 Å². The summed E-state index contributed by atoms with van der Waals surface area (Å²) in [5.41, 5.74) is 1.72. The highest BCUT2D eigenvalue weighted by Gasteiger charge is 2.29. The van der Waals surface area contributed by atoms with Gasteiger partial charge in [0.2, 0.25) is 0 Å². The lowest BCUT2D eigenvalue weighted by molar-refractivity contribution is 0.00255. The number of hydrogen-bond acceptors (Lipinski definition) is 3. The first-order valence-electron chi connectivity index (χ1n) is 6.56. The molecule has 1 aliphatic heterocycles. The van der Waals surface area contributed by atoms with Crippen molar-refractivity contribution in [2.45, 2.75) is 52.0 Å². The van der Waals surface area contributed by atoms with Gasteiger partial charge in [-0.15, -0.1) is 0 Å². The highest BCUT2D eigenvalue weighted by atomic mass is 16.6. The largest absolute Gasteiger partial charge is 0.444 e. The number of ether oxygens (including phenoxy) is 2. The van der Waals surface area contributed by atoms with E-state index in [-0.39, 0.29) is 12.1 Å².